The third-order valence-electron chi connectivity index (χ3n) is 2.17. The van der Waals surface area contributed by atoms with Crippen LogP contribution in [0.4, 0.5) is 5.69 Å². The fourth-order valence-electron chi connectivity index (χ4n) is 1.39. The van der Waals surface area contributed by atoms with Gasteiger partial charge >= 0.3 is 0 Å². The van der Waals surface area contributed by atoms with Gasteiger partial charge in [0.2, 0.25) is 0 Å². The molecule has 0 unspecified atom stereocenters. The normalized spacial score (nSPS) is 10.1. The van der Waals surface area contributed by atoms with E-state index >= 15 is 0 Å². The Hall–Kier alpha value is -1.48. The second-order valence-electron chi connectivity index (χ2n) is 3.61. The van der Waals surface area contributed by atoms with Crippen molar-refractivity contribution in [3.63, 3.8) is 0 Å². The van der Waals surface area contributed by atoms with Crippen molar-refractivity contribution in [3.05, 3.63) is 52.5 Å². The molecule has 2 aromatic carbocycles. The molecule has 0 spiro atoms. The summed E-state index contributed by atoms with van der Waals surface area (Å²) >= 11 is 3.47. The third-order valence-corrected chi connectivity index (χ3v) is 2.79. The van der Waals surface area contributed by atoms with Gasteiger partial charge < -0.3 is 10.5 Å². The van der Waals surface area contributed by atoms with Crippen LogP contribution in [0.25, 0.3) is 0 Å². The number of rotatable bonds is 2. The summed E-state index contributed by atoms with van der Waals surface area (Å²) in [6.45, 7) is 2.04. The Morgan fingerprint density at radius 3 is 2.62 bits per heavy atom. The number of hydrogen-bond donors (Lipinski definition) is 1. The molecule has 0 atom stereocenters. The average Bonchev–Trinajstić information content (AvgIpc) is 2.22. The molecule has 0 heterocycles. The van der Waals surface area contributed by atoms with Crippen LogP contribution in [-0.4, -0.2) is 0 Å². The SMILES string of the molecule is Cc1ccc(Oc2cccc(N)c2)c(Br)c1. The van der Waals surface area contributed by atoms with Gasteiger partial charge in [0, 0.05) is 11.8 Å². The number of aryl methyl sites for hydroxylation is 1. The van der Waals surface area contributed by atoms with Gasteiger partial charge in [0.15, 0.2) is 0 Å². The lowest BCUT2D eigenvalue weighted by molar-refractivity contribution is 0.480. The van der Waals surface area contributed by atoms with E-state index in [9.17, 15) is 0 Å². The summed E-state index contributed by atoms with van der Waals surface area (Å²) in [6.07, 6.45) is 0. The third kappa shape index (κ3) is 2.55. The molecular formula is C13H12BrNO. The van der Waals surface area contributed by atoms with Gasteiger partial charge in [-0.25, -0.2) is 0 Å². The van der Waals surface area contributed by atoms with Crippen LogP contribution in [0, 0.1) is 6.92 Å². The van der Waals surface area contributed by atoms with Gasteiger partial charge in [0.1, 0.15) is 11.5 Å². The number of anilines is 1. The first-order valence-electron chi connectivity index (χ1n) is 4.95. The zero-order valence-corrected chi connectivity index (χ0v) is 10.5. The van der Waals surface area contributed by atoms with E-state index in [0.29, 0.717) is 5.69 Å². The maximum atomic E-state index is 5.72. The first kappa shape index (κ1) is 11.0. The van der Waals surface area contributed by atoms with Crippen molar-refractivity contribution >= 4 is 21.6 Å². The minimum Gasteiger partial charge on any atom is -0.456 e. The van der Waals surface area contributed by atoms with Crippen molar-refractivity contribution < 1.29 is 4.74 Å². The maximum absolute atomic E-state index is 5.72. The highest BCUT2D eigenvalue weighted by Crippen LogP contribution is 2.30. The number of benzene rings is 2. The predicted molar refractivity (Wildman–Crippen MR) is 69.8 cm³/mol. The fraction of sp³-hybridized carbons (Fsp3) is 0.0769. The van der Waals surface area contributed by atoms with Gasteiger partial charge in [-0.2, -0.15) is 0 Å². The summed E-state index contributed by atoms with van der Waals surface area (Å²) in [7, 11) is 0. The smallest absolute Gasteiger partial charge is 0.141 e. The van der Waals surface area contributed by atoms with Crippen LogP contribution in [0.15, 0.2) is 46.9 Å². The van der Waals surface area contributed by atoms with Crippen LogP contribution in [0.3, 0.4) is 0 Å². The molecule has 82 valence electrons. The molecule has 2 nitrogen and oxygen atoms in total. The number of ether oxygens (including phenoxy) is 1. The zero-order chi connectivity index (χ0) is 11.5. The largest absolute Gasteiger partial charge is 0.456 e. The maximum Gasteiger partial charge on any atom is 0.141 e. The van der Waals surface area contributed by atoms with Crippen molar-refractivity contribution in [1.29, 1.82) is 0 Å². The van der Waals surface area contributed by atoms with Crippen molar-refractivity contribution in [3.8, 4) is 11.5 Å². The number of nitrogen functional groups attached to an aromatic ring is 1. The van der Waals surface area contributed by atoms with E-state index in [0.717, 1.165) is 16.0 Å². The van der Waals surface area contributed by atoms with E-state index in [1.54, 1.807) is 6.07 Å². The molecule has 0 saturated carbocycles. The molecule has 0 saturated heterocycles. The van der Waals surface area contributed by atoms with Gasteiger partial charge in [-0.3, -0.25) is 0 Å². The van der Waals surface area contributed by atoms with Crippen LogP contribution in [0.5, 0.6) is 11.5 Å². The second-order valence-corrected chi connectivity index (χ2v) is 4.46. The average molecular weight is 278 g/mol. The lowest BCUT2D eigenvalue weighted by Crippen LogP contribution is -1.88. The van der Waals surface area contributed by atoms with Gasteiger partial charge in [-0.05, 0) is 52.7 Å². The van der Waals surface area contributed by atoms with Gasteiger partial charge in [-0.15, -0.1) is 0 Å². The topological polar surface area (TPSA) is 35.2 Å². The first-order valence-corrected chi connectivity index (χ1v) is 5.74. The van der Waals surface area contributed by atoms with Crippen molar-refractivity contribution in [2.45, 2.75) is 6.92 Å². The minimum absolute atomic E-state index is 0.695. The summed E-state index contributed by atoms with van der Waals surface area (Å²) in [5.41, 5.74) is 7.56. The molecule has 16 heavy (non-hydrogen) atoms. The summed E-state index contributed by atoms with van der Waals surface area (Å²) in [4.78, 5) is 0. The van der Waals surface area contributed by atoms with Crippen molar-refractivity contribution in [1.82, 2.24) is 0 Å². The molecule has 0 aliphatic rings. The molecule has 0 aromatic heterocycles. The molecule has 0 amide bonds. The van der Waals surface area contributed by atoms with Gasteiger partial charge in [-0.1, -0.05) is 12.1 Å². The molecule has 2 N–H and O–H groups in total. The molecule has 2 rings (SSSR count). The second kappa shape index (κ2) is 4.58. The van der Waals surface area contributed by atoms with Gasteiger partial charge in [0.25, 0.3) is 0 Å². The quantitative estimate of drug-likeness (QED) is 0.838. The Morgan fingerprint density at radius 1 is 1.12 bits per heavy atom. The number of nitrogens with two attached hydrogens (primary N) is 1. The number of hydrogen-bond acceptors (Lipinski definition) is 2. The predicted octanol–water partition coefficient (Wildman–Crippen LogP) is 4.13. The highest BCUT2D eigenvalue weighted by atomic mass is 79.9. The van der Waals surface area contributed by atoms with Crippen molar-refractivity contribution in [2.75, 3.05) is 5.73 Å². The highest BCUT2D eigenvalue weighted by molar-refractivity contribution is 9.10. The van der Waals surface area contributed by atoms with Crippen LogP contribution in [0.2, 0.25) is 0 Å². The summed E-state index contributed by atoms with van der Waals surface area (Å²) < 4.78 is 6.66. The summed E-state index contributed by atoms with van der Waals surface area (Å²) in [6, 6.07) is 13.3. The molecular weight excluding hydrogens is 266 g/mol. The lowest BCUT2D eigenvalue weighted by atomic mass is 10.2. The van der Waals surface area contributed by atoms with Crippen LogP contribution < -0.4 is 10.5 Å². The van der Waals surface area contributed by atoms with E-state index < -0.39 is 0 Å². The Balaban J connectivity index is 2.27. The summed E-state index contributed by atoms with van der Waals surface area (Å²) in [5, 5.41) is 0. The van der Waals surface area contributed by atoms with E-state index in [4.69, 9.17) is 10.5 Å². The lowest BCUT2D eigenvalue weighted by Gasteiger charge is -2.08. The molecule has 0 aliphatic carbocycles. The van der Waals surface area contributed by atoms with Crippen LogP contribution >= 0.6 is 15.9 Å². The van der Waals surface area contributed by atoms with E-state index in [-0.39, 0.29) is 0 Å². The summed E-state index contributed by atoms with van der Waals surface area (Å²) in [5.74, 6) is 1.53. The van der Waals surface area contributed by atoms with E-state index in [2.05, 4.69) is 15.9 Å². The zero-order valence-electron chi connectivity index (χ0n) is 8.91. The molecule has 2 aromatic rings. The van der Waals surface area contributed by atoms with Crippen LogP contribution in [0.1, 0.15) is 5.56 Å². The molecule has 0 fully saturated rings. The number of halogens is 1. The van der Waals surface area contributed by atoms with Gasteiger partial charge in [0.05, 0.1) is 4.47 Å². The Bertz CT molecular complexity index is 511. The molecule has 0 aliphatic heterocycles. The Labute approximate surface area is 103 Å². The minimum atomic E-state index is 0.695. The Morgan fingerprint density at radius 2 is 1.94 bits per heavy atom. The van der Waals surface area contributed by atoms with Crippen molar-refractivity contribution in [2.24, 2.45) is 0 Å². The highest BCUT2D eigenvalue weighted by Gasteiger charge is 2.02. The Kier molecular flexibility index (Phi) is 3.15. The fourth-order valence-corrected chi connectivity index (χ4v) is 1.97. The standard InChI is InChI=1S/C13H12BrNO/c1-9-5-6-13(12(14)7-9)16-11-4-2-3-10(15)8-11/h2-8H,15H2,1H3. The monoisotopic (exact) mass is 277 g/mol. The molecule has 0 radical (unpaired) electrons. The molecule has 0 bridgehead atoms. The first-order chi connectivity index (χ1) is 7.65. The van der Waals surface area contributed by atoms with E-state index in [1.807, 2.05) is 43.3 Å². The molecule has 3 heteroatoms. The van der Waals surface area contributed by atoms with E-state index in [1.165, 1.54) is 5.56 Å². The van der Waals surface area contributed by atoms with Crippen LogP contribution in [-0.2, 0) is 0 Å².